The minimum absolute atomic E-state index is 0.0626. The molecule has 7 nitrogen and oxygen atoms in total. The number of amides is 1. The van der Waals surface area contributed by atoms with Gasteiger partial charge in [-0.05, 0) is 55.2 Å². The molecule has 1 aliphatic heterocycles. The SMILES string of the molecule is CCn1c(NCc2ccc(OC)cc2)c(/C=C2/SC(=S)N(CCc3ccccc3)C2=O)c(C)c(C#N)c1=O. The number of carbonyl (C=O) groups is 1. The summed E-state index contributed by atoms with van der Waals surface area (Å²) in [5.74, 6) is 1.13. The van der Waals surface area contributed by atoms with Gasteiger partial charge in [-0.1, -0.05) is 66.4 Å². The zero-order chi connectivity index (χ0) is 27.2. The van der Waals surface area contributed by atoms with Crippen LogP contribution in [0.1, 0.15) is 34.7 Å². The number of nitriles is 1. The third-order valence-corrected chi connectivity index (χ3v) is 7.80. The molecule has 0 atom stereocenters. The van der Waals surface area contributed by atoms with E-state index >= 15 is 0 Å². The lowest BCUT2D eigenvalue weighted by Gasteiger charge is -2.19. The quantitative estimate of drug-likeness (QED) is 0.296. The van der Waals surface area contributed by atoms with Crippen molar-refractivity contribution >= 4 is 46.1 Å². The molecule has 3 aromatic rings. The number of hydrogen-bond donors (Lipinski definition) is 1. The molecule has 2 aromatic carbocycles. The number of thioether (sulfide) groups is 1. The van der Waals surface area contributed by atoms with E-state index in [0.717, 1.165) is 16.9 Å². The van der Waals surface area contributed by atoms with Crippen LogP contribution in [0.4, 0.5) is 5.82 Å². The number of pyridine rings is 1. The fourth-order valence-corrected chi connectivity index (χ4v) is 5.58. The lowest BCUT2D eigenvalue weighted by molar-refractivity contribution is -0.122. The van der Waals surface area contributed by atoms with Gasteiger partial charge >= 0.3 is 0 Å². The maximum Gasteiger partial charge on any atom is 0.270 e. The monoisotopic (exact) mass is 544 g/mol. The molecule has 194 valence electrons. The van der Waals surface area contributed by atoms with Crippen molar-refractivity contribution in [3.05, 3.63) is 97.7 Å². The lowest BCUT2D eigenvalue weighted by atomic mass is 10.0. The van der Waals surface area contributed by atoms with Gasteiger partial charge in [0.1, 0.15) is 27.5 Å². The van der Waals surface area contributed by atoms with Crippen LogP contribution in [-0.2, 0) is 24.3 Å². The van der Waals surface area contributed by atoms with Crippen LogP contribution in [-0.4, -0.2) is 33.3 Å². The zero-order valence-electron chi connectivity index (χ0n) is 21.5. The van der Waals surface area contributed by atoms with Crippen LogP contribution in [0.3, 0.4) is 0 Å². The molecule has 0 radical (unpaired) electrons. The summed E-state index contributed by atoms with van der Waals surface area (Å²) in [7, 11) is 1.61. The Morgan fingerprint density at radius 3 is 2.45 bits per heavy atom. The van der Waals surface area contributed by atoms with Crippen LogP contribution in [0, 0.1) is 18.3 Å². The first-order valence-corrected chi connectivity index (χ1v) is 13.4. The Hall–Kier alpha value is -3.87. The molecule has 1 aliphatic rings. The van der Waals surface area contributed by atoms with Gasteiger partial charge in [0.2, 0.25) is 0 Å². The van der Waals surface area contributed by atoms with Crippen LogP contribution in [0.15, 0.2) is 64.3 Å². The summed E-state index contributed by atoms with van der Waals surface area (Å²) in [5, 5.41) is 13.1. The number of nitrogens with zero attached hydrogens (tertiary/aromatic N) is 3. The van der Waals surface area contributed by atoms with Crippen molar-refractivity contribution in [3.8, 4) is 11.8 Å². The molecule has 0 aliphatic carbocycles. The Morgan fingerprint density at radius 1 is 1.11 bits per heavy atom. The molecule has 0 spiro atoms. The third kappa shape index (κ3) is 5.67. The van der Waals surface area contributed by atoms with Crippen molar-refractivity contribution in [2.45, 2.75) is 33.4 Å². The molecule has 38 heavy (non-hydrogen) atoms. The summed E-state index contributed by atoms with van der Waals surface area (Å²) in [6.07, 6.45) is 2.44. The Balaban J connectivity index is 1.69. The zero-order valence-corrected chi connectivity index (χ0v) is 23.1. The Labute approximate surface area is 231 Å². The van der Waals surface area contributed by atoms with E-state index in [9.17, 15) is 14.9 Å². The fraction of sp³-hybridized carbons (Fsp3) is 0.241. The van der Waals surface area contributed by atoms with Gasteiger partial charge in [-0.3, -0.25) is 19.1 Å². The molecule has 4 rings (SSSR count). The number of rotatable bonds is 9. The maximum absolute atomic E-state index is 13.4. The van der Waals surface area contributed by atoms with Crippen molar-refractivity contribution in [1.82, 2.24) is 9.47 Å². The normalized spacial score (nSPS) is 14.2. The molecule has 2 heterocycles. The van der Waals surface area contributed by atoms with Crippen molar-refractivity contribution in [2.75, 3.05) is 19.0 Å². The molecule has 1 saturated heterocycles. The number of nitrogens with one attached hydrogen (secondary N) is 1. The molecular formula is C29H28N4O3S2. The van der Waals surface area contributed by atoms with Crippen molar-refractivity contribution in [3.63, 3.8) is 0 Å². The van der Waals surface area contributed by atoms with Gasteiger partial charge in [-0.2, -0.15) is 5.26 Å². The van der Waals surface area contributed by atoms with Gasteiger partial charge in [0.25, 0.3) is 11.5 Å². The summed E-state index contributed by atoms with van der Waals surface area (Å²) in [4.78, 5) is 28.5. The second-order valence-electron chi connectivity index (χ2n) is 8.69. The smallest absolute Gasteiger partial charge is 0.270 e. The van der Waals surface area contributed by atoms with Gasteiger partial charge in [0.15, 0.2) is 0 Å². The van der Waals surface area contributed by atoms with E-state index in [-0.39, 0.29) is 17.0 Å². The second-order valence-corrected chi connectivity index (χ2v) is 10.4. The van der Waals surface area contributed by atoms with E-state index < -0.39 is 0 Å². The van der Waals surface area contributed by atoms with E-state index in [0.29, 0.717) is 52.2 Å². The fourth-order valence-electron chi connectivity index (χ4n) is 4.29. The number of carbonyl (C=O) groups excluding carboxylic acids is 1. The van der Waals surface area contributed by atoms with Gasteiger partial charge in [-0.25, -0.2) is 0 Å². The molecule has 1 N–H and O–H groups in total. The molecular weight excluding hydrogens is 516 g/mol. The van der Waals surface area contributed by atoms with Crippen LogP contribution < -0.4 is 15.6 Å². The van der Waals surface area contributed by atoms with E-state index in [1.807, 2.05) is 61.5 Å². The summed E-state index contributed by atoms with van der Waals surface area (Å²) >= 11 is 6.78. The number of thiocarbonyl (C=S) groups is 1. The maximum atomic E-state index is 13.4. The minimum atomic E-state index is -0.364. The van der Waals surface area contributed by atoms with Crippen molar-refractivity contribution < 1.29 is 9.53 Å². The van der Waals surface area contributed by atoms with Gasteiger partial charge in [0.05, 0.1) is 12.0 Å². The highest BCUT2D eigenvalue weighted by atomic mass is 32.2. The average molecular weight is 545 g/mol. The van der Waals surface area contributed by atoms with Crippen LogP contribution in [0.2, 0.25) is 0 Å². The summed E-state index contributed by atoms with van der Waals surface area (Å²) in [6, 6.07) is 19.6. The molecule has 1 aromatic heterocycles. The summed E-state index contributed by atoms with van der Waals surface area (Å²) in [5.41, 5.74) is 2.96. The van der Waals surface area contributed by atoms with Gasteiger partial charge in [-0.15, -0.1) is 0 Å². The number of aromatic nitrogens is 1. The topological polar surface area (TPSA) is 87.4 Å². The first-order valence-electron chi connectivity index (χ1n) is 12.2. The van der Waals surface area contributed by atoms with E-state index in [4.69, 9.17) is 17.0 Å². The van der Waals surface area contributed by atoms with Gasteiger partial charge in [0, 0.05) is 25.2 Å². The van der Waals surface area contributed by atoms with Gasteiger partial charge < -0.3 is 10.1 Å². The van der Waals surface area contributed by atoms with Crippen molar-refractivity contribution in [2.24, 2.45) is 0 Å². The molecule has 0 saturated carbocycles. The molecule has 9 heteroatoms. The molecule has 0 bridgehead atoms. The average Bonchev–Trinajstić information content (AvgIpc) is 3.20. The Kier molecular flexibility index (Phi) is 8.66. The Morgan fingerprint density at radius 2 is 1.82 bits per heavy atom. The highest BCUT2D eigenvalue weighted by Gasteiger charge is 2.32. The third-order valence-electron chi connectivity index (χ3n) is 6.43. The largest absolute Gasteiger partial charge is 0.497 e. The molecule has 0 unspecified atom stereocenters. The van der Waals surface area contributed by atoms with E-state index in [2.05, 4.69) is 11.4 Å². The molecule has 1 fully saturated rings. The van der Waals surface area contributed by atoms with Crippen LogP contribution in [0.25, 0.3) is 6.08 Å². The first-order chi connectivity index (χ1) is 18.4. The number of hydrogen-bond acceptors (Lipinski definition) is 7. The number of methoxy groups -OCH3 is 1. The lowest BCUT2D eigenvalue weighted by Crippen LogP contribution is -2.30. The van der Waals surface area contributed by atoms with Crippen LogP contribution in [0.5, 0.6) is 5.75 Å². The number of anilines is 1. The summed E-state index contributed by atoms with van der Waals surface area (Å²) < 4.78 is 7.27. The first kappa shape index (κ1) is 27.2. The highest BCUT2D eigenvalue weighted by molar-refractivity contribution is 8.26. The minimum Gasteiger partial charge on any atom is -0.497 e. The summed E-state index contributed by atoms with van der Waals surface area (Å²) in [6.45, 7) is 4.86. The van der Waals surface area contributed by atoms with Crippen LogP contribution >= 0.6 is 24.0 Å². The number of benzene rings is 2. The highest BCUT2D eigenvalue weighted by Crippen LogP contribution is 2.35. The van der Waals surface area contributed by atoms with E-state index in [1.165, 1.54) is 16.3 Å². The van der Waals surface area contributed by atoms with Crippen molar-refractivity contribution in [1.29, 1.82) is 5.26 Å². The number of ether oxygens (including phenoxy) is 1. The van der Waals surface area contributed by atoms with E-state index in [1.54, 1.807) is 25.0 Å². The Bertz CT molecular complexity index is 1490. The second kappa shape index (κ2) is 12.1. The predicted octanol–water partition coefficient (Wildman–Crippen LogP) is 5.11. The predicted molar refractivity (Wildman–Crippen MR) is 156 cm³/mol. The molecule has 1 amide bonds. The standard InChI is InChI=1S/C29H28N4O3S2/c1-4-32-26(31-18-21-10-12-22(36-3)13-11-21)23(19(2)24(17-30)27(32)34)16-25-28(35)33(29(37)38-25)15-14-20-8-6-5-7-9-20/h5-13,16,31H,4,14-15,18H2,1-3H3/b25-16+.